The van der Waals surface area contributed by atoms with Crippen LogP contribution in [-0.2, 0) is 4.74 Å². The standard InChI is InChI=1S/C23H30N2O3/c1-22(2,3)28-21(27)24-23(14-15-26)16-25(17-23)20(18-10-6-4-7-11-18)19-12-8-5-9-13-19/h4-13,20,26H,14-17H2,1-3H3,(H,24,27). The predicted octanol–water partition coefficient (Wildman–Crippen LogP) is 3.74. The summed E-state index contributed by atoms with van der Waals surface area (Å²) >= 11 is 0. The van der Waals surface area contributed by atoms with Gasteiger partial charge in [0.05, 0.1) is 11.6 Å². The highest BCUT2D eigenvalue weighted by Crippen LogP contribution is 2.37. The highest BCUT2D eigenvalue weighted by molar-refractivity contribution is 5.69. The van der Waals surface area contributed by atoms with Crippen LogP contribution in [0.3, 0.4) is 0 Å². The highest BCUT2D eigenvalue weighted by Gasteiger charge is 2.47. The Bertz CT molecular complexity index is 726. The lowest BCUT2D eigenvalue weighted by atomic mass is 9.82. The molecule has 0 saturated carbocycles. The molecule has 0 aromatic heterocycles. The van der Waals surface area contributed by atoms with Crippen molar-refractivity contribution in [3.05, 3.63) is 71.8 Å². The minimum atomic E-state index is -0.551. The number of aliphatic hydroxyl groups is 1. The van der Waals surface area contributed by atoms with Crippen LogP contribution in [0.5, 0.6) is 0 Å². The van der Waals surface area contributed by atoms with Gasteiger partial charge in [-0.2, -0.15) is 0 Å². The smallest absolute Gasteiger partial charge is 0.408 e. The van der Waals surface area contributed by atoms with Crippen molar-refractivity contribution < 1.29 is 14.6 Å². The van der Waals surface area contributed by atoms with Crippen molar-refractivity contribution in [3.8, 4) is 0 Å². The van der Waals surface area contributed by atoms with Gasteiger partial charge in [0.1, 0.15) is 5.60 Å². The molecule has 2 aromatic carbocycles. The van der Waals surface area contributed by atoms with E-state index in [2.05, 4.69) is 34.5 Å². The molecule has 0 spiro atoms. The molecule has 0 atom stereocenters. The molecule has 5 heteroatoms. The number of benzene rings is 2. The SMILES string of the molecule is CC(C)(C)OC(=O)NC1(CCO)CN(C(c2ccccc2)c2ccccc2)C1. The van der Waals surface area contributed by atoms with Crippen LogP contribution < -0.4 is 5.32 Å². The zero-order chi connectivity index (χ0) is 20.2. The van der Waals surface area contributed by atoms with E-state index in [-0.39, 0.29) is 12.6 Å². The molecular weight excluding hydrogens is 352 g/mol. The molecule has 0 aliphatic carbocycles. The minimum absolute atomic E-state index is 0.0188. The average molecular weight is 383 g/mol. The monoisotopic (exact) mass is 382 g/mol. The van der Waals surface area contributed by atoms with Crippen LogP contribution in [0, 0.1) is 0 Å². The molecule has 1 heterocycles. The highest BCUT2D eigenvalue weighted by atomic mass is 16.6. The van der Waals surface area contributed by atoms with Crippen molar-refractivity contribution in [2.24, 2.45) is 0 Å². The van der Waals surface area contributed by atoms with Gasteiger partial charge in [-0.25, -0.2) is 4.79 Å². The molecule has 3 rings (SSSR count). The first-order valence-electron chi connectivity index (χ1n) is 9.78. The molecule has 5 nitrogen and oxygen atoms in total. The van der Waals surface area contributed by atoms with Gasteiger partial charge < -0.3 is 15.2 Å². The number of rotatable bonds is 6. The molecule has 150 valence electrons. The Hall–Kier alpha value is -2.37. The number of alkyl carbamates (subject to hydrolysis) is 1. The Morgan fingerprint density at radius 3 is 2.00 bits per heavy atom. The molecule has 28 heavy (non-hydrogen) atoms. The Morgan fingerprint density at radius 1 is 1.07 bits per heavy atom. The molecule has 1 aliphatic heterocycles. The van der Waals surface area contributed by atoms with E-state index in [1.165, 1.54) is 11.1 Å². The third-order valence-corrected chi connectivity index (χ3v) is 4.96. The molecule has 2 N–H and O–H groups in total. The maximum Gasteiger partial charge on any atom is 0.408 e. The number of carbonyl (C=O) groups is 1. The Balaban J connectivity index is 1.78. The third kappa shape index (κ3) is 4.91. The normalized spacial score (nSPS) is 16.5. The Morgan fingerprint density at radius 2 is 1.57 bits per heavy atom. The van der Waals surface area contributed by atoms with Crippen molar-refractivity contribution in [1.82, 2.24) is 10.2 Å². The second-order valence-corrected chi connectivity index (χ2v) is 8.51. The van der Waals surface area contributed by atoms with E-state index >= 15 is 0 Å². The van der Waals surface area contributed by atoms with Crippen LogP contribution in [0.25, 0.3) is 0 Å². The number of hydrogen-bond donors (Lipinski definition) is 2. The van der Waals surface area contributed by atoms with E-state index < -0.39 is 17.2 Å². The van der Waals surface area contributed by atoms with Crippen LogP contribution in [0.2, 0.25) is 0 Å². The summed E-state index contributed by atoms with van der Waals surface area (Å²) in [5, 5.41) is 12.6. The van der Waals surface area contributed by atoms with E-state index in [1.54, 1.807) is 0 Å². The zero-order valence-electron chi connectivity index (χ0n) is 16.9. The van der Waals surface area contributed by atoms with Gasteiger partial charge in [-0.15, -0.1) is 0 Å². The molecule has 0 bridgehead atoms. The van der Waals surface area contributed by atoms with Gasteiger partial charge in [0, 0.05) is 19.7 Å². The average Bonchev–Trinajstić information content (AvgIpc) is 2.61. The molecule has 2 aromatic rings. The maximum absolute atomic E-state index is 12.3. The summed E-state index contributed by atoms with van der Waals surface area (Å²) in [4.78, 5) is 14.7. The molecular formula is C23H30N2O3. The van der Waals surface area contributed by atoms with E-state index in [1.807, 2.05) is 57.2 Å². The van der Waals surface area contributed by atoms with Gasteiger partial charge in [0.15, 0.2) is 0 Å². The summed E-state index contributed by atoms with van der Waals surface area (Å²) in [5.41, 5.74) is 1.40. The summed E-state index contributed by atoms with van der Waals surface area (Å²) in [6.07, 6.45) is 0.0653. The van der Waals surface area contributed by atoms with Crippen molar-refractivity contribution in [1.29, 1.82) is 0 Å². The van der Waals surface area contributed by atoms with E-state index in [0.29, 0.717) is 19.5 Å². The van der Waals surface area contributed by atoms with Gasteiger partial charge >= 0.3 is 6.09 Å². The van der Waals surface area contributed by atoms with Crippen molar-refractivity contribution in [2.75, 3.05) is 19.7 Å². The lowest BCUT2D eigenvalue weighted by Gasteiger charge is -2.53. The fourth-order valence-electron chi connectivity index (χ4n) is 3.83. The van der Waals surface area contributed by atoms with Crippen molar-refractivity contribution in [2.45, 2.75) is 44.4 Å². The first kappa shape index (κ1) is 20.4. The molecule has 1 aliphatic rings. The van der Waals surface area contributed by atoms with E-state index in [0.717, 1.165) is 0 Å². The van der Waals surface area contributed by atoms with Crippen LogP contribution >= 0.6 is 0 Å². The molecule has 0 radical (unpaired) electrons. The van der Waals surface area contributed by atoms with Gasteiger partial charge in [-0.05, 0) is 38.3 Å². The topological polar surface area (TPSA) is 61.8 Å². The summed E-state index contributed by atoms with van der Waals surface area (Å²) < 4.78 is 5.43. The van der Waals surface area contributed by atoms with Gasteiger partial charge in [0.2, 0.25) is 0 Å². The van der Waals surface area contributed by atoms with E-state index in [4.69, 9.17) is 4.74 Å². The molecule has 1 saturated heterocycles. The molecule has 1 fully saturated rings. The van der Waals surface area contributed by atoms with Crippen LogP contribution in [-0.4, -0.2) is 46.9 Å². The first-order valence-corrected chi connectivity index (χ1v) is 9.78. The first-order chi connectivity index (χ1) is 13.3. The number of aliphatic hydroxyl groups excluding tert-OH is 1. The van der Waals surface area contributed by atoms with Gasteiger partial charge in [-0.1, -0.05) is 60.7 Å². The fourth-order valence-corrected chi connectivity index (χ4v) is 3.83. The van der Waals surface area contributed by atoms with Crippen LogP contribution in [0.4, 0.5) is 4.79 Å². The van der Waals surface area contributed by atoms with Crippen LogP contribution in [0.15, 0.2) is 60.7 Å². The van der Waals surface area contributed by atoms with Gasteiger partial charge in [-0.3, -0.25) is 4.90 Å². The minimum Gasteiger partial charge on any atom is -0.444 e. The number of carbonyl (C=O) groups excluding carboxylic acids is 1. The molecule has 1 amide bonds. The van der Waals surface area contributed by atoms with Gasteiger partial charge in [0.25, 0.3) is 0 Å². The zero-order valence-corrected chi connectivity index (χ0v) is 16.9. The number of likely N-dealkylation sites (tertiary alicyclic amines) is 1. The summed E-state index contributed by atoms with van der Waals surface area (Å²) in [6, 6.07) is 20.8. The quantitative estimate of drug-likeness (QED) is 0.799. The number of nitrogens with zero attached hydrogens (tertiary/aromatic N) is 1. The number of amides is 1. The number of hydrogen-bond acceptors (Lipinski definition) is 4. The third-order valence-electron chi connectivity index (χ3n) is 4.96. The maximum atomic E-state index is 12.3. The second-order valence-electron chi connectivity index (χ2n) is 8.51. The number of nitrogens with one attached hydrogen (secondary N) is 1. The lowest BCUT2D eigenvalue weighted by molar-refractivity contribution is -0.0118. The summed E-state index contributed by atoms with van der Waals surface area (Å²) in [5.74, 6) is 0. The lowest BCUT2D eigenvalue weighted by Crippen LogP contribution is -2.71. The number of ether oxygens (including phenoxy) is 1. The predicted molar refractivity (Wildman–Crippen MR) is 110 cm³/mol. The van der Waals surface area contributed by atoms with E-state index in [9.17, 15) is 9.90 Å². The Labute approximate surface area is 167 Å². The van der Waals surface area contributed by atoms with Crippen molar-refractivity contribution in [3.63, 3.8) is 0 Å². The second kappa shape index (κ2) is 8.33. The Kier molecular flexibility index (Phi) is 6.06. The van der Waals surface area contributed by atoms with Crippen molar-refractivity contribution >= 4 is 6.09 Å². The molecule has 0 unspecified atom stereocenters. The summed E-state index contributed by atoms with van der Waals surface area (Å²) in [6.45, 7) is 6.87. The van der Waals surface area contributed by atoms with Crippen LogP contribution in [0.1, 0.15) is 44.4 Å². The largest absolute Gasteiger partial charge is 0.444 e. The summed E-state index contributed by atoms with van der Waals surface area (Å²) in [7, 11) is 0. The fraction of sp³-hybridized carbons (Fsp3) is 0.435.